The molecule has 4 heteroatoms. The Morgan fingerprint density at radius 3 is 2.84 bits per heavy atom. The summed E-state index contributed by atoms with van der Waals surface area (Å²) in [6.45, 7) is 7.20. The number of anilines is 1. The molecular weight excluding hydrogens is 238 g/mol. The zero-order chi connectivity index (χ0) is 13.8. The number of nitrogens with one attached hydrogen (secondary N) is 1. The Kier molecular flexibility index (Phi) is 4.61. The second kappa shape index (κ2) is 6.22. The van der Waals surface area contributed by atoms with E-state index in [1.807, 2.05) is 13.8 Å². The number of aromatic nitrogens is 2. The third-order valence-corrected chi connectivity index (χ3v) is 4.25. The first-order valence-electron chi connectivity index (χ1n) is 7.40. The highest BCUT2D eigenvalue weighted by atomic mass is 16.1. The molecule has 1 saturated carbocycles. The summed E-state index contributed by atoms with van der Waals surface area (Å²) in [6, 6.07) is 0.171. The fraction of sp³-hybridized carbons (Fsp3) is 0.733. The van der Waals surface area contributed by atoms with Gasteiger partial charge in [0.15, 0.2) is 5.82 Å². The van der Waals surface area contributed by atoms with Crippen LogP contribution >= 0.6 is 0 Å². The van der Waals surface area contributed by atoms with Crippen molar-refractivity contribution in [2.75, 3.05) is 11.9 Å². The molecule has 1 N–H and O–H groups in total. The van der Waals surface area contributed by atoms with E-state index in [0.717, 1.165) is 12.5 Å². The minimum Gasteiger partial charge on any atom is -0.365 e. The van der Waals surface area contributed by atoms with Crippen molar-refractivity contribution in [2.45, 2.75) is 52.5 Å². The lowest BCUT2D eigenvalue weighted by molar-refractivity contribution is 0.268. The van der Waals surface area contributed by atoms with Gasteiger partial charge in [-0.15, -0.1) is 0 Å². The number of hydrogen-bond donors (Lipinski definition) is 1. The summed E-state index contributed by atoms with van der Waals surface area (Å²) in [4.78, 5) is 16.4. The molecule has 1 aromatic heterocycles. The van der Waals surface area contributed by atoms with Crippen LogP contribution in [0.4, 0.5) is 5.82 Å². The van der Waals surface area contributed by atoms with Gasteiger partial charge in [0.05, 0.1) is 0 Å². The van der Waals surface area contributed by atoms with Crippen molar-refractivity contribution in [1.29, 1.82) is 0 Å². The lowest BCUT2D eigenvalue weighted by Gasteiger charge is -2.28. The van der Waals surface area contributed by atoms with E-state index in [0.29, 0.717) is 11.7 Å². The van der Waals surface area contributed by atoms with E-state index < -0.39 is 0 Å². The van der Waals surface area contributed by atoms with E-state index in [4.69, 9.17) is 0 Å². The maximum absolute atomic E-state index is 12.2. The van der Waals surface area contributed by atoms with Gasteiger partial charge >= 0.3 is 0 Å². The second-order valence-corrected chi connectivity index (χ2v) is 5.98. The van der Waals surface area contributed by atoms with Gasteiger partial charge in [-0.3, -0.25) is 4.79 Å². The van der Waals surface area contributed by atoms with Gasteiger partial charge < -0.3 is 9.88 Å². The monoisotopic (exact) mass is 263 g/mol. The van der Waals surface area contributed by atoms with E-state index in [1.165, 1.54) is 25.7 Å². The molecule has 2 atom stereocenters. The van der Waals surface area contributed by atoms with Gasteiger partial charge in [-0.05, 0) is 32.1 Å². The normalized spacial score (nSPS) is 23.6. The number of nitrogens with zero attached hydrogens (tertiary/aromatic N) is 2. The van der Waals surface area contributed by atoms with E-state index in [1.54, 1.807) is 17.0 Å². The molecule has 106 valence electrons. The molecule has 2 rings (SSSR count). The third kappa shape index (κ3) is 3.37. The summed E-state index contributed by atoms with van der Waals surface area (Å²) in [5, 5.41) is 3.26. The Morgan fingerprint density at radius 2 is 2.16 bits per heavy atom. The smallest absolute Gasteiger partial charge is 0.293 e. The van der Waals surface area contributed by atoms with Gasteiger partial charge in [0.2, 0.25) is 0 Å². The van der Waals surface area contributed by atoms with Crippen molar-refractivity contribution in [1.82, 2.24) is 9.55 Å². The third-order valence-electron chi connectivity index (χ3n) is 4.25. The zero-order valence-electron chi connectivity index (χ0n) is 12.2. The molecule has 1 aromatic rings. The van der Waals surface area contributed by atoms with Crippen molar-refractivity contribution >= 4 is 5.82 Å². The highest BCUT2D eigenvalue weighted by Crippen LogP contribution is 2.29. The molecule has 1 heterocycles. The van der Waals surface area contributed by atoms with Crippen molar-refractivity contribution in [3.05, 3.63) is 22.7 Å². The molecule has 0 spiro atoms. The largest absolute Gasteiger partial charge is 0.365 e. The van der Waals surface area contributed by atoms with Crippen molar-refractivity contribution in [3.8, 4) is 0 Å². The minimum atomic E-state index is -0.0130. The van der Waals surface area contributed by atoms with E-state index >= 15 is 0 Å². The van der Waals surface area contributed by atoms with Gasteiger partial charge in [0, 0.05) is 25.0 Å². The molecule has 1 aliphatic carbocycles. The predicted molar refractivity (Wildman–Crippen MR) is 78.5 cm³/mol. The van der Waals surface area contributed by atoms with E-state index in [2.05, 4.69) is 17.2 Å². The maximum atomic E-state index is 12.2. The standard InChI is InChI=1S/C15H25N3O/c1-11(2)18-9-8-16-14(15(18)19)17-10-13-7-5-4-6-12(13)3/h8-9,11-13H,4-7,10H2,1-3H3,(H,16,17). The SMILES string of the molecule is CC1CCCCC1CNc1nccn(C(C)C)c1=O. The molecule has 0 radical (unpaired) electrons. The Bertz CT molecular complexity index is 467. The molecule has 2 unspecified atom stereocenters. The molecular formula is C15H25N3O. The Balaban J connectivity index is 2.03. The van der Waals surface area contributed by atoms with Crippen LogP contribution in [-0.2, 0) is 0 Å². The Morgan fingerprint density at radius 1 is 1.42 bits per heavy atom. The van der Waals surface area contributed by atoms with Crippen LogP contribution in [-0.4, -0.2) is 16.1 Å². The minimum absolute atomic E-state index is 0.0130. The maximum Gasteiger partial charge on any atom is 0.293 e. The molecule has 1 fully saturated rings. The molecule has 0 aromatic carbocycles. The molecule has 0 amide bonds. The van der Waals surface area contributed by atoms with Crippen LogP contribution in [0.1, 0.15) is 52.5 Å². The summed E-state index contributed by atoms with van der Waals surface area (Å²) >= 11 is 0. The van der Waals surface area contributed by atoms with Crippen LogP contribution in [0.25, 0.3) is 0 Å². The average Bonchev–Trinajstić information content (AvgIpc) is 2.39. The van der Waals surface area contributed by atoms with Crippen molar-refractivity contribution in [3.63, 3.8) is 0 Å². The highest BCUT2D eigenvalue weighted by Gasteiger charge is 2.21. The summed E-state index contributed by atoms with van der Waals surface area (Å²) in [5.41, 5.74) is -0.0130. The Labute approximate surface area is 115 Å². The predicted octanol–water partition coefficient (Wildman–Crippen LogP) is 3.06. The van der Waals surface area contributed by atoms with Gasteiger partial charge in [-0.2, -0.15) is 0 Å². The molecule has 1 aliphatic rings. The van der Waals surface area contributed by atoms with Crippen LogP contribution < -0.4 is 10.9 Å². The molecule has 19 heavy (non-hydrogen) atoms. The highest BCUT2D eigenvalue weighted by molar-refractivity contribution is 5.31. The summed E-state index contributed by atoms with van der Waals surface area (Å²) < 4.78 is 1.72. The molecule has 4 nitrogen and oxygen atoms in total. The van der Waals surface area contributed by atoms with Gasteiger partial charge in [-0.1, -0.05) is 26.2 Å². The van der Waals surface area contributed by atoms with Crippen LogP contribution in [0.5, 0.6) is 0 Å². The lowest BCUT2D eigenvalue weighted by Crippen LogP contribution is -2.30. The first-order chi connectivity index (χ1) is 9.09. The summed E-state index contributed by atoms with van der Waals surface area (Å²) in [5.74, 6) is 1.91. The van der Waals surface area contributed by atoms with Crippen LogP contribution in [0.3, 0.4) is 0 Å². The van der Waals surface area contributed by atoms with E-state index in [9.17, 15) is 4.79 Å². The van der Waals surface area contributed by atoms with Gasteiger partial charge in [-0.25, -0.2) is 4.98 Å². The van der Waals surface area contributed by atoms with Gasteiger partial charge in [0.1, 0.15) is 0 Å². The number of hydrogen-bond acceptors (Lipinski definition) is 3. The fourth-order valence-electron chi connectivity index (χ4n) is 2.88. The average molecular weight is 263 g/mol. The van der Waals surface area contributed by atoms with E-state index in [-0.39, 0.29) is 11.6 Å². The molecule has 0 bridgehead atoms. The number of rotatable bonds is 4. The Hall–Kier alpha value is -1.32. The first kappa shape index (κ1) is 14.1. The van der Waals surface area contributed by atoms with Crippen LogP contribution in [0, 0.1) is 11.8 Å². The van der Waals surface area contributed by atoms with Crippen LogP contribution in [0.15, 0.2) is 17.2 Å². The first-order valence-corrected chi connectivity index (χ1v) is 7.40. The second-order valence-electron chi connectivity index (χ2n) is 5.98. The molecule has 0 saturated heterocycles. The van der Waals surface area contributed by atoms with Crippen molar-refractivity contribution in [2.24, 2.45) is 11.8 Å². The zero-order valence-corrected chi connectivity index (χ0v) is 12.2. The van der Waals surface area contributed by atoms with Crippen molar-refractivity contribution < 1.29 is 0 Å². The lowest BCUT2D eigenvalue weighted by atomic mass is 9.80. The fourth-order valence-corrected chi connectivity index (χ4v) is 2.88. The summed E-state index contributed by atoms with van der Waals surface area (Å²) in [6.07, 6.45) is 8.69. The topological polar surface area (TPSA) is 46.9 Å². The quantitative estimate of drug-likeness (QED) is 0.908. The summed E-state index contributed by atoms with van der Waals surface area (Å²) in [7, 11) is 0. The van der Waals surface area contributed by atoms with Gasteiger partial charge in [0.25, 0.3) is 5.56 Å². The van der Waals surface area contributed by atoms with Crippen LogP contribution in [0.2, 0.25) is 0 Å². The molecule has 0 aliphatic heterocycles.